The average Bonchev–Trinajstić information content (AvgIpc) is 3.59. The molecule has 6 rings (SSSR count). The van der Waals surface area contributed by atoms with E-state index in [1.807, 2.05) is 55.5 Å². The van der Waals surface area contributed by atoms with E-state index in [0.29, 0.717) is 24.7 Å². The van der Waals surface area contributed by atoms with Gasteiger partial charge in [0.15, 0.2) is 11.5 Å². The summed E-state index contributed by atoms with van der Waals surface area (Å²) in [7, 11) is 0. The Morgan fingerprint density at radius 2 is 1.86 bits per heavy atom. The fourth-order valence-corrected chi connectivity index (χ4v) is 6.00. The number of fused-ring (bicyclic) bond motifs is 3. The van der Waals surface area contributed by atoms with Crippen LogP contribution in [-0.4, -0.2) is 17.3 Å². The van der Waals surface area contributed by atoms with E-state index in [0.717, 1.165) is 39.0 Å². The number of benzene rings is 3. The zero-order valence-corrected chi connectivity index (χ0v) is 22.2. The summed E-state index contributed by atoms with van der Waals surface area (Å²) in [5, 5.41) is 9.25. The molecule has 0 saturated heterocycles. The van der Waals surface area contributed by atoms with Crippen molar-refractivity contribution in [1.82, 2.24) is 5.01 Å². The maximum atomic E-state index is 6.56. The fraction of sp³-hybridized carbons (Fsp3) is 0.207. The largest absolute Gasteiger partial charge is 0.490 e. The standard InChI is InChI=1S/C29H25BrN2O3S/c1-2-33-26-16-20(15-22(30)28(26)34-18-19-9-4-3-5-10-19)29-32-24(21-11-6-7-12-25(21)35-29)17-23(31-32)27-13-8-14-36-27/h3-16,24,29H,2,17-18H2,1H3. The van der Waals surface area contributed by atoms with Gasteiger partial charge in [0.05, 0.1) is 27.7 Å². The number of hydrogen-bond donors (Lipinski definition) is 0. The predicted octanol–water partition coefficient (Wildman–Crippen LogP) is 7.73. The summed E-state index contributed by atoms with van der Waals surface area (Å²) in [5.41, 5.74) is 4.30. The number of rotatable bonds is 7. The van der Waals surface area contributed by atoms with Crippen molar-refractivity contribution in [2.45, 2.75) is 32.2 Å². The lowest BCUT2D eigenvalue weighted by molar-refractivity contribution is -0.0192. The van der Waals surface area contributed by atoms with Crippen molar-refractivity contribution >= 4 is 33.0 Å². The molecule has 0 fully saturated rings. The predicted molar refractivity (Wildman–Crippen MR) is 146 cm³/mol. The lowest BCUT2D eigenvalue weighted by Gasteiger charge is -2.38. The minimum absolute atomic E-state index is 0.111. The molecule has 0 bridgehead atoms. The Hall–Kier alpha value is -3.29. The Balaban J connectivity index is 1.37. The number of para-hydroxylation sites is 1. The van der Waals surface area contributed by atoms with Crippen molar-refractivity contribution in [1.29, 1.82) is 0 Å². The van der Waals surface area contributed by atoms with Gasteiger partial charge < -0.3 is 14.2 Å². The molecule has 2 aliphatic heterocycles. The first-order chi connectivity index (χ1) is 17.7. The van der Waals surface area contributed by atoms with E-state index < -0.39 is 0 Å². The van der Waals surface area contributed by atoms with Gasteiger partial charge in [-0.15, -0.1) is 11.3 Å². The van der Waals surface area contributed by atoms with Gasteiger partial charge in [0.25, 0.3) is 0 Å². The molecule has 0 saturated carbocycles. The Kier molecular flexibility index (Phi) is 6.42. The van der Waals surface area contributed by atoms with Crippen LogP contribution < -0.4 is 14.2 Å². The molecule has 3 aromatic carbocycles. The second-order valence-corrected chi connectivity index (χ2v) is 10.5. The summed E-state index contributed by atoms with van der Waals surface area (Å²) in [4.78, 5) is 1.20. The number of halogens is 1. The van der Waals surface area contributed by atoms with Crippen LogP contribution in [0.15, 0.2) is 93.8 Å². The van der Waals surface area contributed by atoms with E-state index in [1.165, 1.54) is 4.88 Å². The van der Waals surface area contributed by atoms with Crippen molar-refractivity contribution in [3.63, 3.8) is 0 Å². The Labute approximate surface area is 223 Å². The number of hydrogen-bond acceptors (Lipinski definition) is 6. The smallest absolute Gasteiger partial charge is 0.214 e. The van der Waals surface area contributed by atoms with Crippen molar-refractivity contribution in [2.24, 2.45) is 5.10 Å². The minimum atomic E-state index is -0.388. The molecule has 5 nitrogen and oxygen atoms in total. The van der Waals surface area contributed by atoms with Crippen molar-refractivity contribution in [3.05, 3.63) is 110 Å². The topological polar surface area (TPSA) is 43.3 Å². The van der Waals surface area contributed by atoms with Gasteiger partial charge in [-0.3, -0.25) is 0 Å². The van der Waals surface area contributed by atoms with Crippen LogP contribution in [0.2, 0.25) is 0 Å². The second kappa shape index (κ2) is 9.99. The van der Waals surface area contributed by atoms with Crippen LogP contribution in [0.3, 0.4) is 0 Å². The van der Waals surface area contributed by atoms with Crippen LogP contribution in [0.25, 0.3) is 0 Å². The zero-order valence-electron chi connectivity index (χ0n) is 19.8. The quantitative estimate of drug-likeness (QED) is 0.232. The van der Waals surface area contributed by atoms with Gasteiger partial charge in [-0.25, -0.2) is 5.01 Å². The van der Waals surface area contributed by atoms with Crippen LogP contribution in [0.1, 0.15) is 47.2 Å². The number of hydrazone groups is 1. The third kappa shape index (κ3) is 4.38. The van der Waals surface area contributed by atoms with Gasteiger partial charge >= 0.3 is 0 Å². The van der Waals surface area contributed by atoms with E-state index in [2.05, 4.69) is 56.7 Å². The summed E-state index contributed by atoms with van der Waals surface area (Å²) >= 11 is 5.46. The van der Waals surface area contributed by atoms with E-state index in [1.54, 1.807) is 11.3 Å². The highest BCUT2D eigenvalue weighted by atomic mass is 79.9. The summed E-state index contributed by atoms with van der Waals surface area (Å²) in [6.45, 7) is 2.96. The summed E-state index contributed by atoms with van der Waals surface area (Å²) in [6, 6.07) is 26.8. The third-order valence-electron chi connectivity index (χ3n) is 6.35. The molecule has 7 heteroatoms. The van der Waals surface area contributed by atoms with Gasteiger partial charge in [0, 0.05) is 17.5 Å². The first kappa shape index (κ1) is 23.1. The molecular formula is C29H25BrN2O3S. The Morgan fingerprint density at radius 3 is 2.67 bits per heavy atom. The van der Waals surface area contributed by atoms with Crippen molar-refractivity contribution in [3.8, 4) is 17.2 Å². The lowest BCUT2D eigenvalue weighted by atomic mass is 9.97. The fourth-order valence-electron chi connectivity index (χ4n) is 4.71. The highest BCUT2D eigenvalue weighted by molar-refractivity contribution is 9.10. The maximum Gasteiger partial charge on any atom is 0.214 e. The van der Waals surface area contributed by atoms with Crippen molar-refractivity contribution in [2.75, 3.05) is 6.61 Å². The van der Waals surface area contributed by atoms with E-state index >= 15 is 0 Å². The highest BCUT2D eigenvalue weighted by Crippen LogP contribution is 2.49. The third-order valence-corrected chi connectivity index (χ3v) is 7.86. The van der Waals surface area contributed by atoms with E-state index in [4.69, 9.17) is 19.3 Å². The molecule has 182 valence electrons. The van der Waals surface area contributed by atoms with Crippen LogP contribution in [0, 0.1) is 0 Å². The van der Waals surface area contributed by atoms with Gasteiger partial charge in [-0.05, 0) is 58.1 Å². The van der Waals surface area contributed by atoms with Gasteiger partial charge in [-0.2, -0.15) is 5.10 Å². The van der Waals surface area contributed by atoms with Crippen LogP contribution in [-0.2, 0) is 6.61 Å². The number of nitrogens with zero attached hydrogens (tertiary/aromatic N) is 2. The van der Waals surface area contributed by atoms with Crippen molar-refractivity contribution < 1.29 is 14.2 Å². The van der Waals surface area contributed by atoms with Gasteiger partial charge in [-0.1, -0.05) is 54.6 Å². The first-order valence-corrected chi connectivity index (χ1v) is 13.7. The molecule has 0 N–H and O–H groups in total. The first-order valence-electron chi connectivity index (χ1n) is 12.0. The second-order valence-electron chi connectivity index (χ2n) is 8.67. The SMILES string of the molecule is CCOc1cc(C2Oc3ccccc3C3CC(c4cccs4)=NN32)cc(Br)c1OCc1ccccc1. The van der Waals surface area contributed by atoms with Crippen LogP contribution in [0.4, 0.5) is 0 Å². The molecule has 1 aromatic heterocycles. The number of thiophene rings is 1. The molecule has 3 heterocycles. The molecule has 2 atom stereocenters. The van der Waals surface area contributed by atoms with Crippen LogP contribution >= 0.6 is 27.3 Å². The Morgan fingerprint density at radius 1 is 1.03 bits per heavy atom. The maximum absolute atomic E-state index is 6.56. The Bertz CT molecular complexity index is 1390. The summed E-state index contributed by atoms with van der Waals surface area (Å²) in [6.07, 6.45) is 0.454. The van der Waals surface area contributed by atoms with E-state index in [9.17, 15) is 0 Å². The van der Waals surface area contributed by atoms with Gasteiger partial charge in [0.2, 0.25) is 6.23 Å². The molecule has 2 unspecified atom stereocenters. The highest BCUT2D eigenvalue weighted by Gasteiger charge is 2.41. The minimum Gasteiger partial charge on any atom is -0.490 e. The molecule has 0 aliphatic carbocycles. The van der Waals surface area contributed by atoms with E-state index in [-0.39, 0.29) is 12.3 Å². The van der Waals surface area contributed by atoms with Gasteiger partial charge in [0.1, 0.15) is 12.4 Å². The molecule has 0 radical (unpaired) electrons. The summed E-state index contributed by atoms with van der Waals surface area (Å²) in [5.74, 6) is 2.25. The molecule has 36 heavy (non-hydrogen) atoms. The average molecular weight is 562 g/mol. The zero-order chi connectivity index (χ0) is 24.5. The molecule has 0 spiro atoms. The lowest BCUT2D eigenvalue weighted by Crippen LogP contribution is -2.33. The molecular weight excluding hydrogens is 536 g/mol. The molecule has 2 aliphatic rings. The molecule has 4 aromatic rings. The summed E-state index contributed by atoms with van der Waals surface area (Å²) < 4.78 is 19.6. The monoisotopic (exact) mass is 560 g/mol. The van der Waals surface area contributed by atoms with Crippen LogP contribution in [0.5, 0.6) is 17.2 Å². The molecule has 0 amide bonds. The number of ether oxygens (including phenoxy) is 3. The normalized spacial score (nSPS) is 18.2.